The summed E-state index contributed by atoms with van der Waals surface area (Å²) < 4.78 is 1.84. The largest absolute Gasteiger partial charge is 0.481 e. The molecule has 16 heavy (non-hydrogen) atoms. The summed E-state index contributed by atoms with van der Waals surface area (Å²) in [5.41, 5.74) is 2.94. The Kier molecular flexibility index (Phi) is 2.42. The number of carboxylic acids is 1. The number of nitrogens with zero attached hydrogens (tertiary/aromatic N) is 2. The fourth-order valence-corrected chi connectivity index (χ4v) is 1.83. The lowest BCUT2D eigenvalue weighted by molar-refractivity contribution is -0.138. The maximum Gasteiger partial charge on any atom is 0.313 e. The molecule has 84 valence electrons. The third-order valence-corrected chi connectivity index (χ3v) is 2.83. The molecule has 0 fully saturated rings. The minimum absolute atomic E-state index is 0.585. The first-order chi connectivity index (χ1) is 7.50. The van der Waals surface area contributed by atoms with Crippen LogP contribution in [0.2, 0.25) is 0 Å². The first kappa shape index (κ1) is 10.7. The van der Waals surface area contributed by atoms with Crippen molar-refractivity contribution in [1.82, 2.24) is 9.55 Å². The average molecular weight is 218 g/mol. The van der Waals surface area contributed by atoms with E-state index in [9.17, 15) is 4.79 Å². The maximum atomic E-state index is 10.9. The molecule has 4 nitrogen and oxygen atoms in total. The van der Waals surface area contributed by atoms with Gasteiger partial charge >= 0.3 is 5.97 Å². The number of aromatic nitrogens is 2. The van der Waals surface area contributed by atoms with Crippen molar-refractivity contribution in [1.29, 1.82) is 0 Å². The fourth-order valence-electron chi connectivity index (χ4n) is 1.83. The van der Waals surface area contributed by atoms with E-state index >= 15 is 0 Å². The highest BCUT2D eigenvalue weighted by atomic mass is 16.4. The highest BCUT2D eigenvalue weighted by Crippen LogP contribution is 2.21. The van der Waals surface area contributed by atoms with Gasteiger partial charge in [-0.2, -0.15) is 0 Å². The van der Waals surface area contributed by atoms with Crippen LogP contribution in [-0.2, 0) is 11.8 Å². The van der Waals surface area contributed by atoms with Crippen molar-refractivity contribution in [2.45, 2.75) is 19.8 Å². The van der Waals surface area contributed by atoms with Gasteiger partial charge in [0.15, 0.2) is 0 Å². The van der Waals surface area contributed by atoms with Crippen LogP contribution in [-0.4, -0.2) is 20.6 Å². The van der Waals surface area contributed by atoms with Crippen molar-refractivity contribution in [3.63, 3.8) is 0 Å². The maximum absolute atomic E-state index is 10.9. The predicted octanol–water partition coefficient (Wildman–Crippen LogP) is 2.07. The number of hydrogen-bond donors (Lipinski definition) is 1. The topological polar surface area (TPSA) is 55.1 Å². The number of aliphatic carboxylic acids is 1. The molecular formula is C12H14N2O2. The number of imidazole rings is 1. The van der Waals surface area contributed by atoms with Gasteiger partial charge in [0, 0.05) is 7.05 Å². The zero-order valence-corrected chi connectivity index (χ0v) is 9.56. The van der Waals surface area contributed by atoms with E-state index in [1.54, 1.807) is 6.92 Å². The van der Waals surface area contributed by atoms with Crippen molar-refractivity contribution in [2.24, 2.45) is 7.05 Å². The van der Waals surface area contributed by atoms with Crippen molar-refractivity contribution < 1.29 is 9.90 Å². The van der Waals surface area contributed by atoms with Crippen LogP contribution in [0.4, 0.5) is 0 Å². The third kappa shape index (κ3) is 1.56. The summed E-state index contributed by atoms with van der Waals surface area (Å²) in [6.07, 6.45) is 0. The van der Waals surface area contributed by atoms with Crippen molar-refractivity contribution >= 4 is 17.0 Å². The van der Waals surface area contributed by atoms with Gasteiger partial charge in [0.1, 0.15) is 11.7 Å². The summed E-state index contributed by atoms with van der Waals surface area (Å²) in [4.78, 5) is 15.3. The third-order valence-electron chi connectivity index (χ3n) is 2.83. The van der Waals surface area contributed by atoms with Gasteiger partial charge in [-0.1, -0.05) is 6.07 Å². The van der Waals surface area contributed by atoms with E-state index in [1.165, 1.54) is 0 Å². The van der Waals surface area contributed by atoms with Crippen LogP contribution in [0.3, 0.4) is 0 Å². The molecule has 0 aliphatic rings. The van der Waals surface area contributed by atoms with Gasteiger partial charge in [-0.15, -0.1) is 0 Å². The van der Waals surface area contributed by atoms with Gasteiger partial charge in [0.25, 0.3) is 0 Å². The van der Waals surface area contributed by atoms with Crippen LogP contribution in [0.25, 0.3) is 11.0 Å². The molecule has 0 saturated carbocycles. The first-order valence-corrected chi connectivity index (χ1v) is 5.16. The van der Waals surface area contributed by atoms with E-state index in [1.807, 2.05) is 36.7 Å². The van der Waals surface area contributed by atoms with E-state index in [4.69, 9.17) is 5.11 Å². The van der Waals surface area contributed by atoms with Crippen LogP contribution in [0, 0.1) is 6.92 Å². The lowest BCUT2D eigenvalue weighted by Crippen LogP contribution is -2.12. The molecule has 2 aromatic rings. The van der Waals surface area contributed by atoms with E-state index in [2.05, 4.69) is 4.98 Å². The minimum Gasteiger partial charge on any atom is -0.481 e. The number of fused-ring (bicyclic) bond motifs is 1. The summed E-state index contributed by atoms with van der Waals surface area (Å²) in [6, 6.07) is 5.93. The molecule has 2 rings (SSSR count). The Morgan fingerprint density at radius 3 is 2.81 bits per heavy atom. The molecule has 1 heterocycles. The number of carboxylic acid groups (broad SMARTS) is 1. The van der Waals surface area contributed by atoms with Crippen LogP contribution >= 0.6 is 0 Å². The molecule has 1 aromatic carbocycles. The van der Waals surface area contributed by atoms with Crippen molar-refractivity contribution in [3.8, 4) is 0 Å². The van der Waals surface area contributed by atoms with Gasteiger partial charge in [-0.05, 0) is 31.5 Å². The molecular weight excluding hydrogens is 204 g/mol. The Labute approximate surface area is 93.5 Å². The van der Waals surface area contributed by atoms with Crippen LogP contribution in [0.1, 0.15) is 24.2 Å². The molecule has 1 aromatic heterocycles. The molecule has 1 N–H and O–H groups in total. The number of aryl methyl sites for hydroxylation is 2. The predicted molar refractivity (Wildman–Crippen MR) is 61.5 cm³/mol. The van der Waals surface area contributed by atoms with E-state index in [-0.39, 0.29) is 0 Å². The van der Waals surface area contributed by atoms with Gasteiger partial charge < -0.3 is 9.67 Å². The minimum atomic E-state index is -0.852. The summed E-state index contributed by atoms with van der Waals surface area (Å²) >= 11 is 0. The molecule has 0 spiro atoms. The Balaban J connectivity index is 2.64. The Morgan fingerprint density at radius 1 is 1.50 bits per heavy atom. The summed E-state index contributed by atoms with van der Waals surface area (Å²) in [5.74, 6) is -0.846. The lowest BCUT2D eigenvalue weighted by Gasteiger charge is -2.05. The molecule has 1 unspecified atom stereocenters. The van der Waals surface area contributed by atoms with Crippen molar-refractivity contribution in [2.75, 3.05) is 0 Å². The summed E-state index contributed by atoms with van der Waals surface area (Å²) in [7, 11) is 1.85. The highest BCUT2D eigenvalue weighted by Gasteiger charge is 2.20. The Morgan fingerprint density at radius 2 is 2.19 bits per heavy atom. The fraction of sp³-hybridized carbons (Fsp3) is 0.333. The second-order valence-electron chi connectivity index (χ2n) is 4.08. The Hall–Kier alpha value is -1.84. The van der Waals surface area contributed by atoms with Crippen molar-refractivity contribution in [3.05, 3.63) is 29.6 Å². The molecule has 0 saturated heterocycles. The Bertz CT molecular complexity index is 557. The second kappa shape index (κ2) is 3.63. The number of hydrogen-bond acceptors (Lipinski definition) is 2. The van der Waals surface area contributed by atoms with Gasteiger partial charge in [-0.3, -0.25) is 4.79 Å². The van der Waals surface area contributed by atoms with Crippen LogP contribution in [0.15, 0.2) is 18.2 Å². The van der Waals surface area contributed by atoms with Crippen LogP contribution in [0.5, 0.6) is 0 Å². The molecule has 0 bridgehead atoms. The van der Waals surface area contributed by atoms with E-state index in [0.717, 1.165) is 16.6 Å². The molecule has 1 atom stereocenters. The van der Waals surface area contributed by atoms with Gasteiger partial charge in [-0.25, -0.2) is 4.98 Å². The van der Waals surface area contributed by atoms with E-state index in [0.29, 0.717) is 5.82 Å². The molecule has 0 aliphatic heterocycles. The average Bonchev–Trinajstić information content (AvgIpc) is 2.54. The summed E-state index contributed by atoms with van der Waals surface area (Å²) in [5, 5.41) is 8.99. The smallest absolute Gasteiger partial charge is 0.313 e. The number of rotatable bonds is 2. The molecule has 4 heteroatoms. The lowest BCUT2D eigenvalue weighted by atomic mass is 10.2. The number of benzene rings is 1. The monoisotopic (exact) mass is 218 g/mol. The second-order valence-corrected chi connectivity index (χ2v) is 4.08. The van der Waals surface area contributed by atoms with Crippen LogP contribution < -0.4 is 0 Å². The SMILES string of the molecule is Cc1ccc2c(c1)nc(C(C)C(=O)O)n2C. The van der Waals surface area contributed by atoms with Gasteiger partial charge in [0.05, 0.1) is 11.0 Å². The molecule has 0 aliphatic carbocycles. The normalized spacial score (nSPS) is 12.9. The number of carbonyl (C=O) groups is 1. The zero-order chi connectivity index (χ0) is 11.9. The standard InChI is InChI=1S/C12H14N2O2/c1-7-4-5-10-9(6-7)13-11(14(10)3)8(2)12(15)16/h4-6,8H,1-3H3,(H,15,16). The quantitative estimate of drug-likeness (QED) is 0.839. The van der Waals surface area contributed by atoms with E-state index < -0.39 is 11.9 Å². The first-order valence-electron chi connectivity index (χ1n) is 5.16. The summed E-state index contributed by atoms with van der Waals surface area (Å²) in [6.45, 7) is 3.64. The van der Waals surface area contributed by atoms with Gasteiger partial charge in [0.2, 0.25) is 0 Å². The molecule has 0 radical (unpaired) electrons. The molecule has 0 amide bonds. The highest BCUT2D eigenvalue weighted by molar-refractivity contribution is 5.80. The zero-order valence-electron chi connectivity index (χ0n) is 9.56.